The van der Waals surface area contributed by atoms with Gasteiger partial charge in [-0.3, -0.25) is 0 Å². The Balaban J connectivity index is 1.73. The van der Waals surface area contributed by atoms with Crippen LogP contribution in [0.4, 0.5) is 0 Å². The summed E-state index contributed by atoms with van der Waals surface area (Å²) in [6.07, 6.45) is 10.1. The van der Waals surface area contributed by atoms with E-state index in [0.29, 0.717) is 35.8 Å². The third-order valence-electron chi connectivity index (χ3n) is 5.57. The van der Waals surface area contributed by atoms with Gasteiger partial charge in [0.05, 0.1) is 38.4 Å². The van der Waals surface area contributed by atoms with Crippen molar-refractivity contribution in [3.63, 3.8) is 0 Å². The molecular formula is C31H35NO8. The fourth-order valence-electron chi connectivity index (χ4n) is 3.46. The van der Waals surface area contributed by atoms with Gasteiger partial charge in [0, 0.05) is 12.2 Å². The molecule has 0 heterocycles. The SMILES string of the molecule is C=CC(=O)OCCCCCCCCOc1ccc(C(=O)Oc2ccc(/C=C/C(=O)OCCC#N)cc2OC)cc1. The highest BCUT2D eigenvalue weighted by molar-refractivity contribution is 5.91. The molecule has 0 radical (unpaired) electrons. The highest BCUT2D eigenvalue weighted by Gasteiger charge is 2.13. The normalized spacial score (nSPS) is 10.4. The van der Waals surface area contributed by atoms with Crippen molar-refractivity contribution < 1.29 is 38.1 Å². The van der Waals surface area contributed by atoms with E-state index in [2.05, 4.69) is 6.58 Å². The minimum absolute atomic E-state index is 0.0330. The lowest BCUT2D eigenvalue weighted by Crippen LogP contribution is -2.09. The van der Waals surface area contributed by atoms with E-state index in [1.54, 1.807) is 42.5 Å². The molecule has 40 heavy (non-hydrogen) atoms. The third-order valence-corrected chi connectivity index (χ3v) is 5.57. The number of carbonyl (C=O) groups is 3. The second-order valence-corrected chi connectivity index (χ2v) is 8.57. The minimum atomic E-state index is -0.561. The average molecular weight is 550 g/mol. The van der Waals surface area contributed by atoms with Gasteiger partial charge in [0.2, 0.25) is 0 Å². The van der Waals surface area contributed by atoms with Crippen molar-refractivity contribution in [1.82, 2.24) is 0 Å². The molecule has 0 N–H and O–H groups in total. The zero-order valence-corrected chi connectivity index (χ0v) is 22.8. The molecule has 2 rings (SSSR count). The van der Waals surface area contributed by atoms with Crippen molar-refractivity contribution in [2.24, 2.45) is 0 Å². The fraction of sp³-hybridized carbons (Fsp3) is 0.355. The predicted octanol–water partition coefficient (Wildman–Crippen LogP) is 5.83. The Labute approximate surface area is 234 Å². The molecule has 0 atom stereocenters. The first kappa shape index (κ1) is 31.6. The highest BCUT2D eigenvalue weighted by atomic mass is 16.6. The number of carbonyl (C=O) groups excluding carboxylic acids is 3. The zero-order chi connectivity index (χ0) is 29.0. The molecule has 0 saturated carbocycles. The Kier molecular flexibility index (Phi) is 14.7. The van der Waals surface area contributed by atoms with E-state index < -0.39 is 11.9 Å². The van der Waals surface area contributed by atoms with Gasteiger partial charge in [0.25, 0.3) is 0 Å². The number of methoxy groups -OCH3 is 1. The maximum Gasteiger partial charge on any atom is 0.343 e. The number of esters is 3. The standard InChI is InChI=1S/C31H35NO8/c1-3-29(33)38-21-9-7-5-4-6-8-20-37-26-15-13-25(14-16-26)31(35)40-27-17-11-24(23-28(27)36-2)12-18-30(34)39-22-10-19-32/h3,11-18,23H,1,4-10,20-22H2,2H3/b18-12+. The number of nitriles is 1. The van der Waals surface area contributed by atoms with Crippen LogP contribution in [0.15, 0.2) is 61.2 Å². The Hall–Kier alpha value is -4.58. The lowest BCUT2D eigenvalue weighted by Gasteiger charge is -2.11. The van der Waals surface area contributed by atoms with Crippen LogP contribution < -0.4 is 14.2 Å². The lowest BCUT2D eigenvalue weighted by molar-refractivity contribution is -0.138. The van der Waals surface area contributed by atoms with Crippen molar-refractivity contribution in [2.75, 3.05) is 26.9 Å². The van der Waals surface area contributed by atoms with Gasteiger partial charge in [-0.25, -0.2) is 14.4 Å². The summed E-state index contributed by atoms with van der Waals surface area (Å²) >= 11 is 0. The lowest BCUT2D eigenvalue weighted by atomic mass is 10.1. The number of rotatable bonds is 18. The van der Waals surface area contributed by atoms with Gasteiger partial charge in [-0.1, -0.05) is 38.3 Å². The first-order valence-corrected chi connectivity index (χ1v) is 13.1. The molecule has 0 unspecified atom stereocenters. The van der Waals surface area contributed by atoms with Crippen LogP contribution in [0.3, 0.4) is 0 Å². The summed E-state index contributed by atoms with van der Waals surface area (Å²) in [5.74, 6) is -0.262. The number of unbranched alkanes of at least 4 members (excludes halogenated alkanes) is 5. The molecular weight excluding hydrogens is 514 g/mol. The van der Waals surface area contributed by atoms with Crippen LogP contribution in [0.2, 0.25) is 0 Å². The van der Waals surface area contributed by atoms with Crippen molar-refractivity contribution >= 4 is 24.0 Å². The predicted molar refractivity (Wildman–Crippen MR) is 149 cm³/mol. The number of benzene rings is 2. The Bertz CT molecular complexity index is 1180. The third kappa shape index (κ3) is 12.3. The van der Waals surface area contributed by atoms with Gasteiger partial charge in [0.15, 0.2) is 11.5 Å². The van der Waals surface area contributed by atoms with E-state index in [1.165, 1.54) is 25.3 Å². The van der Waals surface area contributed by atoms with Gasteiger partial charge in [-0.2, -0.15) is 5.26 Å². The van der Waals surface area contributed by atoms with Crippen LogP contribution in [-0.2, 0) is 19.1 Å². The van der Waals surface area contributed by atoms with Gasteiger partial charge < -0.3 is 23.7 Å². The number of nitrogens with zero attached hydrogens (tertiary/aromatic N) is 1. The summed E-state index contributed by atoms with van der Waals surface area (Å²) in [5, 5.41) is 8.49. The number of hydrogen-bond donors (Lipinski definition) is 0. The first-order chi connectivity index (χ1) is 19.5. The number of hydrogen-bond acceptors (Lipinski definition) is 9. The largest absolute Gasteiger partial charge is 0.494 e. The van der Waals surface area contributed by atoms with Crippen molar-refractivity contribution in [1.29, 1.82) is 5.26 Å². The van der Waals surface area contributed by atoms with Crippen LogP contribution >= 0.6 is 0 Å². The molecule has 0 fully saturated rings. The van der Waals surface area contributed by atoms with Crippen LogP contribution in [0.5, 0.6) is 17.2 Å². The Morgan fingerprint density at radius 3 is 2.20 bits per heavy atom. The summed E-state index contributed by atoms with van der Waals surface area (Å²) < 4.78 is 26.4. The van der Waals surface area contributed by atoms with Gasteiger partial charge in [-0.15, -0.1) is 0 Å². The molecule has 0 saturated heterocycles. The van der Waals surface area contributed by atoms with Gasteiger partial charge in [0.1, 0.15) is 12.4 Å². The molecule has 9 heteroatoms. The molecule has 0 bridgehead atoms. The van der Waals surface area contributed by atoms with E-state index in [9.17, 15) is 14.4 Å². The van der Waals surface area contributed by atoms with Crippen molar-refractivity contribution in [3.8, 4) is 23.3 Å². The van der Waals surface area contributed by atoms with Crippen molar-refractivity contribution in [2.45, 2.75) is 44.9 Å². The molecule has 0 aromatic heterocycles. The minimum Gasteiger partial charge on any atom is -0.494 e. The average Bonchev–Trinajstić information content (AvgIpc) is 2.97. The maximum atomic E-state index is 12.6. The fourth-order valence-corrected chi connectivity index (χ4v) is 3.46. The molecule has 2 aromatic carbocycles. The Morgan fingerprint density at radius 2 is 1.52 bits per heavy atom. The van der Waals surface area contributed by atoms with E-state index in [1.807, 2.05) is 6.07 Å². The molecule has 212 valence electrons. The monoisotopic (exact) mass is 549 g/mol. The first-order valence-electron chi connectivity index (χ1n) is 13.1. The molecule has 0 aliphatic carbocycles. The molecule has 2 aromatic rings. The van der Waals surface area contributed by atoms with Gasteiger partial charge >= 0.3 is 17.9 Å². The van der Waals surface area contributed by atoms with E-state index >= 15 is 0 Å². The van der Waals surface area contributed by atoms with E-state index in [4.69, 9.17) is 28.9 Å². The molecule has 0 spiro atoms. The summed E-state index contributed by atoms with van der Waals surface area (Å²) in [7, 11) is 1.45. The van der Waals surface area contributed by atoms with Crippen molar-refractivity contribution in [3.05, 3.63) is 72.3 Å². The molecule has 9 nitrogen and oxygen atoms in total. The van der Waals surface area contributed by atoms with E-state index in [-0.39, 0.29) is 24.7 Å². The Morgan fingerprint density at radius 1 is 0.850 bits per heavy atom. The van der Waals surface area contributed by atoms with Crippen LogP contribution in [-0.4, -0.2) is 44.8 Å². The van der Waals surface area contributed by atoms with Crippen LogP contribution in [0.25, 0.3) is 6.08 Å². The van der Waals surface area contributed by atoms with Crippen LogP contribution in [0, 0.1) is 11.3 Å². The second kappa shape index (κ2) is 18.6. The van der Waals surface area contributed by atoms with Crippen LogP contribution in [0.1, 0.15) is 60.9 Å². The summed E-state index contributed by atoms with van der Waals surface area (Å²) in [6.45, 7) is 4.41. The zero-order valence-electron chi connectivity index (χ0n) is 22.8. The quantitative estimate of drug-likeness (QED) is 0.0978. The molecule has 0 aliphatic heterocycles. The van der Waals surface area contributed by atoms with Gasteiger partial charge in [-0.05, 0) is 60.9 Å². The molecule has 0 amide bonds. The van der Waals surface area contributed by atoms with E-state index in [0.717, 1.165) is 38.5 Å². The topological polar surface area (TPSA) is 121 Å². The second-order valence-electron chi connectivity index (χ2n) is 8.57. The summed E-state index contributed by atoms with van der Waals surface area (Å²) in [6, 6.07) is 13.5. The maximum absolute atomic E-state index is 12.6. The smallest absolute Gasteiger partial charge is 0.343 e. The summed E-state index contributed by atoms with van der Waals surface area (Å²) in [5.41, 5.74) is 0.999. The highest BCUT2D eigenvalue weighted by Crippen LogP contribution is 2.29. The molecule has 0 aliphatic rings. The number of ether oxygens (including phenoxy) is 5. The summed E-state index contributed by atoms with van der Waals surface area (Å²) in [4.78, 5) is 35.3.